The molecule has 0 saturated heterocycles. The summed E-state index contributed by atoms with van der Waals surface area (Å²) in [7, 11) is 0. The van der Waals surface area contributed by atoms with Crippen molar-refractivity contribution in [3.63, 3.8) is 0 Å². The number of hydrogen-bond donors (Lipinski definition) is 2. The second-order valence-corrected chi connectivity index (χ2v) is 7.26. The minimum Gasteiger partial charge on any atom is -0.353 e. The van der Waals surface area contributed by atoms with Crippen molar-refractivity contribution in [1.29, 1.82) is 0 Å². The lowest BCUT2D eigenvalue weighted by molar-refractivity contribution is -0.123. The molecule has 1 heterocycles. The molecule has 4 nitrogen and oxygen atoms in total. The highest BCUT2D eigenvalue weighted by atomic mass is 32.1. The number of hydrogen-bond acceptors (Lipinski definition) is 4. The Bertz CT molecular complexity index is 421. The molecule has 1 atom stereocenters. The third-order valence-corrected chi connectivity index (χ3v) is 4.02. The van der Waals surface area contributed by atoms with E-state index in [1.807, 2.05) is 27.0 Å². The highest BCUT2D eigenvalue weighted by Gasteiger charge is 2.18. The van der Waals surface area contributed by atoms with E-state index in [0.717, 1.165) is 9.88 Å². The van der Waals surface area contributed by atoms with E-state index in [1.165, 1.54) is 0 Å². The van der Waals surface area contributed by atoms with Gasteiger partial charge < -0.3 is 10.6 Å². The van der Waals surface area contributed by atoms with Gasteiger partial charge in [0.1, 0.15) is 0 Å². The number of nitrogens with zero attached hydrogens (tertiary/aromatic N) is 1. The highest BCUT2D eigenvalue weighted by molar-refractivity contribution is 7.11. The van der Waals surface area contributed by atoms with E-state index in [-0.39, 0.29) is 23.4 Å². The first-order valence-corrected chi connectivity index (χ1v) is 7.50. The molecular formula is C14H25N3OS. The zero-order valence-corrected chi connectivity index (χ0v) is 13.5. The SMILES string of the molecule is CC(C)NC(=O)C(C)NCc1cnc(C(C)(C)C)s1. The number of carbonyl (C=O) groups is 1. The molecule has 1 aromatic heterocycles. The van der Waals surface area contributed by atoms with E-state index < -0.39 is 0 Å². The zero-order valence-electron chi connectivity index (χ0n) is 12.7. The smallest absolute Gasteiger partial charge is 0.237 e. The standard InChI is InChI=1S/C14H25N3OS/c1-9(2)17-12(18)10(3)15-7-11-8-16-13(19-11)14(4,5)6/h8-10,15H,7H2,1-6H3,(H,17,18). The van der Waals surface area contributed by atoms with Crippen LogP contribution in [0, 0.1) is 0 Å². The molecule has 5 heteroatoms. The molecule has 2 N–H and O–H groups in total. The minimum atomic E-state index is -0.192. The molecule has 0 spiro atoms. The molecule has 1 amide bonds. The number of amides is 1. The van der Waals surface area contributed by atoms with Gasteiger partial charge in [-0.05, 0) is 20.8 Å². The van der Waals surface area contributed by atoms with Gasteiger partial charge in [0.05, 0.1) is 11.0 Å². The van der Waals surface area contributed by atoms with E-state index in [1.54, 1.807) is 11.3 Å². The van der Waals surface area contributed by atoms with Gasteiger partial charge in [0.2, 0.25) is 5.91 Å². The number of aromatic nitrogens is 1. The monoisotopic (exact) mass is 283 g/mol. The van der Waals surface area contributed by atoms with E-state index in [0.29, 0.717) is 6.54 Å². The summed E-state index contributed by atoms with van der Waals surface area (Å²) < 4.78 is 0. The van der Waals surface area contributed by atoms with Crippen molar-refractivity contribution in [2.75, 3.05) is 0 Å². The van der Waals surface area contributed by atoms with Gasteiger partial charge in [-0.25, -0.2) is 4.98 Å². The molecule has 0 bridgehead atoms. The topological polar surface area (TPSA) is 54.0 Å². The van der Waals surface area contributed by atoms with Crippen molar-refractivity contribution in [2.24, 2.45) is 0 Å². The van der Waals surface area contributed by atoms with Crippen molar-refractivity contribution in [2.45, 2.75) is 65.6 Å². The lowest BCUT2D eigenvalue weighted by atomic mass is 9.98. The van der Waals surface area contributed by atoms with Crippen LogP contribution in [0.1, 0.15) is 51.4 Å². The maximum atomic E-state index is 11.8. The van der Waals surface area contributed by atoms with E-state index in [9.17, 15) is 4.79 Å². The van der Waals surface area contributed by atoms with E-state index in [4.69, 9.17) is 0 Å². The lowest BCUT2D eigenvalue weighted by Gasteiger charge is -2.15. The van der Waals surface area contributed by atoms with Gasteiger partial charge in [-0.1, -0.05) is 20.8 Å². The molecule has 0 saturated carbocycles. The summed E-state index contributed by atoms with van der Waals surface area (Å²) in [6.45, 7) is 12.9. The van der Waals surface area contributed by atoms with Gasteiger partial charge in [-0.2, -0.15) is 0 Å². The van der Waals surface area contributed by atoms with Crippen LogP contribution in [-0.4, -0.2) is 23.0 Å². The molecule has 1 aromatic rings. The third-order valence-electron chi connectivity index (χ3n) is 2.60. The summed E-state index contributed by atoms with van der Waals surface area (Å²) in [5.74, 6) is 0.0376. The molecule has 0 radical (unpaired) electrons. The summed E-state index contributed by atoms with van der Waals surface area (Å²) >= 11 is 1.70. The van der Waals surface area contributed by atoms with Crippen molar-refractivity contribution in [3.8, 4) is 0 Å². The predicted octanol–water partition coefficient (Wildman–Crippen LogP) is 2.44. The summed E-state index contributed by atoms with van der Waals surface area (Å²) in [5.41, 5.74) is 0.0869. The van der Waals surface area contributed by atoms with Gasteiger partial charge >= 0.3 is 0 Å². The Morgan fingerprint density at radius 2 is 2.00 bits per heavy atom. The average molecular weight is 283 g/mol. The van der Waals surface area contributed by atoms with Crippen LogP contribution in [0.3, 0.4) is 0 Å². The van der Waals surface area contributed by atoms with Crippen LogP contribution in [0.25, 0.3) is 0 Å². The molecule has 108 valence electrons. The third kappa shape index (κ3) is 5.28. The Balaban J connectivity index is 2.49. The van der Waals surface area contributed by atoms with Crippen molar-refractivity contribution in [1.82, 2.24) is 15.6 Å². The van der Waals surface area contributed by atoms with Crippen molar-refractivity contribution < 1.29 is 4.79 Å². The van der Waals surface area contributed by atoms with E-state index in [2.05, 4.69) is 36.4 Å². The first-order chi connectivity index (χ1) is 8.70. The normalized spacial score (nSPS) is 13.6. The second-order valence-electron chi connectivity index (χ2n) is 6.15. The van der Waals surface area contributed by atoms with Crippen LogP contribution < -0.4 is 10.6 Å². The fourth-order valence-electron chi connectivity index (χ4n) is 1.49. The summed E-state index contributed by atoms with van der Waals surface area (Å²) in [5, 5.41) is 7.25. The van der Waals surface area contributed by atoms with Gasteiger partial charge in [-0.3, -0.25) is 4.79 Å². The van der Waals surface area contributed by atoms with Crippen molar-refractivity contribution in [3.05, 3.63) is 16.1 Å². The van der Waals surface area contributed by atoms with Crippen LogP contribution in [-0.2, 0) is 16.8 Å². The molecule has 0 aliphatic carbocycles. The predicted molar refractivity (Wildman–Crippen MR) is 80.4 cm³/mol. The van der Waals surface area contributed by atoms with Crippen molar-refractivity contribution >= 4 is 17.2 Å². The zero-order chi connectivity index (χ0) is 14.6. The number of thiazole rings is 1. The summed E-state index contributed by atoms with van der Waals surface area (Å²) in [4.78, 5) is 17.4. The molecule has 0 aromatic carbocycles. The Morgan fingerprint density at radius 1 is 1.37 bits per heavy atom. The molecule has 19 heavy (non-hydrogen) atoms. The largest absolute Gasteiger partial charge is 0.353 e. The maximum absolute atomic E-state index is 11.8. The molecule has 1 unspecified atom stereocenters. The first-order valence-electron chi connectivity index (χ1n) is 6.69. The van der Waals surface area contributed by atoms with Gasteiger partial charge in [0.25, 0.3) is 0 Å². The summed E-state index contributed by atoms with van der Waals surface area (Å²) in [6, 6.07) is -0.0183. The fraction of sp³-hybridized carbons (Fsp3) is 0.714. The molecular weight excluding hydrogens is 258 g/mol. The van der Waals surface area contributed by atoms with E-state index >= 15 is 0 Å². The second kappa shape index (κ2) is 6.48. The van der Waals surface area contributed by atoms with Gasteiger partial charge in [0, 0.05) is 29.1 Å². The molecule has 1 rings (SSSR count). The van der Waals surface area contributed by atoms with Gasteiger partial charge in [-0.15, -0.1) is 11.3 Å². The maximum Gasteiger partial charge on any atom is 0.237 e. The Kier molecular flexibility index (Phi) is 5.50. The molecule has 0 fully saturated rings. The van der Waals surface area contributed by atoms with Crippen LogP contribution in [0.2, 0.25) is 0 Å². The van der Waals surface area contributed by atoms with Crippen LogP contribution in [0.5, 0.6) is 0 Å². The fourth-order valence-corrected chi connectivity index (χ4v) is 2.41. The van der Waals surface area contributed by atoms with Gasteiger partial charge in [0.15, 0.2) is 0 Å². The number of carbonyl (C=O) groups excluding carboxylic acids is 1. The number of nitrogens with one attached hydrogen (secondary N) is 2. The Labute approximate surface area is 120 Å². The molecule has 0 aliphatic heterocycles. The Morgan fingerprint density at radius 3 is 2.47 bits per heavy atom. The van der Waals surface area contributed by atoms with Crippen LogP contribution in [0.15, 0.2) is 6.20 Å². The quantitative estimate of drug-likeness (QED) is 0.872. The molecule has 0 aliphatic rings. The highest BCUT2D eigenvalue weighted by Crippen LogP contribution is 2.26. The summed E-state index contributed by atoms with van der Waals surface area (Å²) in [6.07, 6.45) is 1.89. The Hall–Kier alpha value is -0.940. The minimum absolute atomic E-state index is 0.0376. The first kappa shape index (κ1) is 16.1. The lowest BCUT2D eigenvalue weighted by Crippen LogP contribution is -2.44. The van der Waals surface area contributed by atoms with Crippen LogP contribution >= 0.6 is 11.3 Å². The number of rotatable bonds is 5. The van der Waals surface area contributed by atoms with Crippen LogP contribution in [0.4, 0.5) is 0 Å². The average Bonchev–Trinajstić information content (AvgIpc) is 2.72.